The quantitative estimate of drug-likeness (QED) is 0.764. The Morgan fingerprint density at radius 1 is 1.11 bits per heavy atom. The summed E-state index contributed by atoms with van der Waals surface area (Å²) in [5, 5.41) is 0. The molecular weight excluding hydrogens is 362 g/mol. The molecule has 1 aliphatic rings. The summed E-state index contributed by atoms with van der Waals surface area (Å²) in [5.41, 5.74) is 1.30. The minimum atomic E-state index is -3.55. The number of hydrogen-bond donors (Lipinski definition) is 0. The van der Waals surface area contributed by atoms with Crippen molar-refractivity contribution in [2.75, 3.05) is 26.7 Å². The Labute approximate surface area is 160 Å². The van der Waals surface area contributed by atoms with E-state index in [4.69, 9.17) is 0 Å². The molecule has 7 heteroatoms. The van der Waals surface area contributed by atoms with Gasteiger partial charge in [-0.15, -0.1) is 0 Å². The molecule has 144 valence electrons. The van der Waals surface area contributed by atoms with E-state index >= 15 is 0 Å². The van der Waals surface area contributed by atoms with Gasteiger partial charge in [-0.3, -0.25) is 9.78 Å². The van der Waals surface area contributed by atoms with E-state index < -0.39 is 10.0 Å². The monoisotopic (exact) mass is 387 g/mol. The summed E-state index contributed by atoms with van der Waals surface area (Å²) >= 11 is 0. The Balaban J connectivity index is 1.71. The van der Waals surface area contributed by atoms with Crippen molar-refractivity contribution in [1.29, 1.82) is 0 Å². The maximum atomic E-state index is 12.8. The number of sulfonamides is 1. The highest BCUT2D eigenvalue weighted by atomic mass is 32.2. The van der Waals surface area contributed by atoms with E-state index in [1.807, 2.05) is 18.2 Å². The number of carbonyl (C=O) groups is 1. The van der Waals surface area contributed by atoms with Crippen LogP contribution in [-0.2, 0) is 16.4 Å². The van der Waals surface area contributed by atoms with Crippen LogP contribution in [-0.4, -0.2) is 55.2 Å². The molecule has 0 spiro atoms. The highest BCUT2D eigenvalue weighted by molar-refractivity contribution is 7.89. The highest BCUT2D eigenvalue weighted by Gasteiger charge is 2.26. The summed E-state index contributed by atoms with van der Waals surface area (Å²) in [6.45, 7) is 1.61. The first-order valence-corrected chi connectivity index (χ1v) is 10.7. The van der Waals surface area contributed by atoms with E-state index in [9.17, 15) is 13.2 Å². The maximum absolute atomic E-state index is 12.8. The van der Waals surface area contributed by atoms with E-state index in [0.717, 1.165) is 25.0 Å². The molecule has 2 aromatic rings. The predicted octanol–water partition coefficient (Wildman–Crippen LogP) is 2.57. The molecule has 1 aromatic heterocycles. The first-order chi connectivity index (χ1) is 13.0. The molecule has 1 fully saturated rings. The zero-order valence-corrected chi connectivity index (χ0v) is 16.4. The number of piperidine rings is 1. The molecule has 0 saturated carbocycles. The Hall–Kier alpha value is -2.25. The van der Waals surface area contributed by atoms with Crippen molar-refractivity contribution >= 4 is 15.9 Å². The molecule has 1 aromatic carbocycles. The van der Waals surface area contributed by atoms with Crippen molar-refractivity contribution < 1.29 is 13.2 Å². The lowest BCUT2D eigenvalue weighted by Gasteiger charge is -2.26. The minimum Gasteiger partial charge on any atom is -0.341 e. The normalized spacial score (nSPS) is 15.4. The fourth-order valence-electron chi connectivity index (χ4n) is 3.19. The molecule has 1 amide bonds. The fraction of sp³-hybridized carbons (Fsp3) is 0.400. The lowest BCUT2D eigenvalue weighted by Crippen LogP contribution is -2.35. The Bertz CT molecular complexity index is 878. The zero-order valence-electron chi connectivity index (χ0n) is 15.5. The second-order valence-corrected chi connectivity index (χ2v) is 8.73. The fourth-order valence-corrected chi connectivity index (χ4v) is 4.76. The molecule has 0 aliphatic carbocycles. The van der Waals surface area contributed by atoms with E-state index in [1.165, 1.54) is 10.4 Å². The van der Waals surface area contributed by atoms with E-state index in [-0.39, 0.29) is 10.8 Å². The number of carbonyl (C=O) groups excluding carboxylic acids is 1. The van der Waals surface area contributed by atoms with Crippen LogP contribution in [0.25, 0.3) is 0 Å². The van der Waals surface area contributed by atoms with Crippen molar-refractivity contribution in [1.82, 2.24) is 14.2 Å². The Kier molecular flexibility index (Phi) is 6.23. The van der Waals surface area contributed by atoms with Crippen molar-refractivity contribution in [3.05, 3.63) is 59.9 Å². The third-order valence-corrected chi connectivity index (χ3v) is 6.70. The van der Waals surface area contributed by atoms with Gasteiger partial charge in [-0.25, -0.2) is 8.42 Å². The summed E-state index contributed by atoms with van der Waals surface area (Å²) in [7, 11) is -1.83. The Morgan fingerprint density at radius 2 is 1.89 bits per heavy atom. The molecule has 1 saturated heterocycles. The lowest BCUT2D eigenvalue weighted by molar-refractivity contribution is 0.0796. The van der Waals surface area contributed by atoms with Crippen molar-refractivity contribution in [3.63, 3.8) is 0 Å². The summed E-state index contributed by atoms with van der Waals surface area (Å²) in [4.78, 5) is 18.8. The standard InChI is InChI=1S/C20H25N3O3S/c1-22(15-11-18-9-3-4-12-21-18)20(24)17-8-7-10-19(16-17)27(25,26)23-13-5-2-6-14-23/h3-4,7-10,12,16H,2,5-6,11,13-15H2,1H3. The predicted molar refractivity (Wildman–Crippen MR) is 104 cm³/mol. The van der Waals surface area contributed by atoms with Crippen LogP contribution in [0.1, 0.15) is 35.3 Å². The summed E-state index contributed by atoms with van der Waals surface area (Å²) in [6.07, 6.45) is 5.20. The molecule has 0 bridgehead atoms. The van der Waals surface area contributed by atoms with Gasteiger partial charge in [0, 0.05) is 50.6 Å². The topological polar surface area (TPSA) is 70.6 Å². The van der Waals surface area contributed by atoms with Crippen LogP contribution in [0.5, 0.6) is 0 Å². The summed E-state index contributed by atoms with van der Waals surface area (Å²) in [5.74, 6) is -0.193. The number of amides is 1. The molecule has 0 atom stereocenters. The minimum absolute atomic E-state index is 0.188. The van der Waals surface area contributed by atoms with E-state index in [0.29, 0.717) is 31.6 Å². The maximum Gasteiger partial charge on any atom is 0.253 e. The second kappa shape index (κ2) is 8.63. The van der Waals surface area contributed by atoms with Gasteiger partial charge in [0.15, 0.2) is 0 Å². The van der Waals surface area contributed by atoms with E-state index in [1.54, 1.807) is 36.3 Å². The van der Waals surface area contributed by atoms with Gasteiger partial charge < -0.3 is 4.90 Å². The number of likely N-dealkylation sites (N-methyl/N-ethyl adjacent to an activating group) is 1. The van der Waals surface area contributed by atoms with Crippen LogP contribution in [0, 0.1) is 0 Å². The third-order valence-electron chi connectivity index (χ3n) is 4.81. The molecule has 1 aliphatic heterocycles. The Morgan fingerprint density at radius 3 is 2.59 bits per heavy atom. The molecule has 0 unspecified atom stereocenters. The van der Waals surface area contributed by atoms with Gasteiger partial charge in [0.05, 0.1) is 4.90 Å². The van der Waals surface area contributed by atoms with Gasteiger partial charge in [0.25, 0.3) is 5.91 Å². The third kappa shape index (κ3) is 4.73. The zero-order chi connectivity index (χ0) is 19.3. The molecule has 6 nitrogen and oxygen atoms in total. The summed E-state index contributed by atoms with van der Waals surface area (Å²) < 4.78 is 27.2. The van der Waals surface area contributed by atoms with Crippen LogP contribution in [0.15, 0.2) is 53.6 Å². The van der Waals surface area contributed by atoms with Gasteiger partial charge in [-0.05, 0) is 43.2 Å². The average molecular weight is 388 g/mol. The number of rotatable bonds is 6. The first kappa shape index (κ1) is 19.5. The molecule has 0 radical (unpaired) electrons. The SMILES string of the molecule is CN(CCc1ccccn1)C(=O)c1cccc(S(=O)(=O)N2CCCCC2)c1. The molecule has 3 rings (SSSR count). The van der Waals surface area contributed by atoms with Crippen LogP contribution < -0.4 is 0 Å². The van der Waals surface area contributed by atoms with Crippen LogP contribution in [0.3, 0.4) is 0 Å². The summed E-state index contributed by atoms with van der Waals surface area (Å²) in [6, 6.07) is 12.0. The molecule has 0 N–H and O–H groups in total. The van der Waals surface area contributed by atoms with Crippen molar-refractivity contribution in [2.45, 2.75) is 30.6 Å². The highest BCUT2D eigenvalue weighted by Crippen LogP contribution is 2.21. The smallest absolute Gasteiger partial charge is 0.253 e. The van der Waals surface area contributed by atoms with E-state index in [2.05, 4.69) is 4.98 Å². The lowest BCUT2D eigenvalue weighted by atomic mass is 10.2. The van der Waals surface area contributed by atoms with Gasteiger partial charge in [-0.2, -0.15) is 4.31 Å². The number of hydrogen-bond acceptors (Lipinski definition) is 4. The second-order valence-electron chi connectivity index (χ2n) is 6.79. The average Bonchev–Trinajstić information content (AvgIpc) is 2.73. The first-order valence-electron chi connectivity index (χ1n) is 9.24. The van der Waals surface area contributed by atoms with Crippen LogP contribution >= 0.6 is 0 Å². The number of nitrogens with zero attached hydrogens (tertiary/aromatic N) is 3. The number of aromatic nitrogens is 1. The molecule has 27 heavy (non-hydrogen) atoms. The largest absolute Gasteiger partial charge is 0.341 e. The van der Waals surface area contributed by atoms with Gasteiger partial charge >= 0.3 is 0 Å². The number of pyridine rings is 1. The molecular formula is C20H25N3O3S. The van der Waals surface area contributed by atoms with Gasteiger partial charge in [0.1, 0.15) is 0 Å². The van der Waals surface area contributed by atoms with Gasteiger partial charge in [0.2, 0.25) is 10.0 Å². The number of benzene rings is 1. The van der Waals surface area contributed by atoms with Crippen molar-refractivity contribution in [3.8, 4) is 0 Å². The van der Waals surface area contributed by atoms with Crippen LogP contribution in [0.2, 0.25) is 0 Å². The molecule has 2 heterocycles. The van der Waals surface area contributed by atoms with Gasteiger partial charge in [-0.1, -0.05) is 18.6 Å². The van der Waals surface area contributed by atoms with Crippen molar-refractivity contribution in [2.24, 2.45) is 0 Å². The van der Waals surface area contributed by atoms with Crippen LogP contribution in [0.4, 0.5) is 0 Å².